The zero-order chi connectivity index (χ0) is 12.5. The lowest BCUT2D eigenvalue weighted by Crippen LogP contribution is -2.19. The molecular formula is C10H17N3O3S. The van der Waals surface area contributed by atoms with Crippen molar-refractivity contribution in [2.75, 3.05) is 32.2 Å². The predicted octanol–water partition coefficient (Wildman–Crippen LogP) is 1.09. The quantitative estimate of drug-likeness (QED) is 0.707. The molecule has 96 valence electrons. The molecule has 0 atom stereocenters. The summed E-state index contributed by atoms with van der Waals surface area (Å²) in [6.45, 7) is 2.96. The number of anilines is 1. The SMILES string of the molecule is CCCc1nnc(NC(=O)COCCOC)s1. The van der Waals surface area contributed by atoms with Crippen LogP contribution in [0.25, 0.3) is 0 Å². The first kappa shape index (κ1) is 14.0. The van der Waals surface area contributed by atoms with Crippen LogP contribution in [-0.4, -0.2) is 43.0 Å². The van der Waals surface area contributed by atoms with Gasteiger partial charge in [0.05, 0.1) is 13.2 Å². The Balaban J connectivity index is 2.24. The number of carbonyl (C=O) groups is 1. The van der Waals surface area contributed by atoms with E-state index >= 15 is 0 Å². The van der Waals surface area contributed by atoms with E-state index in [0.29, 0.717) is 18.3 Å². The third kappa shape index (κ3) is 5.71. The second-order valence-corrected chi connectivity index (χ2v) is 4.41. The van der Waals surface area contributed by atoms with Gasteiger partial charge in [0.1, 0.15) is 11.6 Å². The average Bonchev–Trinajstić information content (AvgIpc) is 2.73. The summed E-state index contributed by atoms with van der Waals surface area (Å²) in [7, 11) is 1.58. The van der Waals surface area contributed by atoms with Gasteiger partial charge in [0, 0.05) is 13.5 Å². The number of hydrogen-bond acceptors (Lipinski definition) is 6. The van der Waals surface area contributed by atoms with Crippen LogP contribution in [0, 0.1) is 0 Å². The van der Waals surface area contributed by atoms with Crippen LogP contribution in [0.4, 0.5) is 5.13 Å². The van der Waals surface area contributed by atoms with Gasteiger partial charge >= 0.3 is 0 Å². The number of nitrogens with one attached hydrogen (secondary N) is 1. The first-order valence-corrected chi connectivity index (χ1v) is 6.26. The molecule has 1 aromatic rings. The van der Waals surface area contributed by atoms with Crippen molar-refractivity contribution in [2.45, 2.75) is 19.8 Å². The first-order valence-electron chi connectivity index (χ1n) is 5.45. The van der Waals surface area contributed by atoms with Crippen LogP contribution in [0.1, 0.15) is 18.4 Å². The fraction of sp³-hybridized carbons (Fsp3) is 0.700. The number of ether oxygens (including phenoxy) is 2. The molecule has 0 aromatic carbocycles. The fourth-order valence-electron chi connectivity index (χ4n) is 1.08. The second kappa shape index (κ2) is 8.10. The largest absolute Gasteiger partial charge is 0.382 e. The Morgan fingerprint density at radius 2 is 2.24 bits per heavy atom. The number of nitrogens with zero attached hydrogens (tertiary/aromatic N) is 2. The van der Waals surface area contributed by atoms with Crippen LogP contribution in [0.5, 0.6) is 0 Å². The number of hydrogen-bond donors (Lipinski definition) is 1. The van der Waals surface area contributed by atoms with Gasteiger partial charge in [-0.05, 0) is 6.42 Å². The third-order valence-electron chi connectivity index (χ3n) is 1.84. The van der Waals surface area contributed by atoms with E-state index in [4.69, 9.17) is 9.47 Å². The molecule has 0 saturated carbocycles. The predicted molar refractivity (Wildman–Crippen MR) is 65.2 cm³/mol. The van der Waals surface area contributed by atoms with Gasteiger partial charge in [0.25, 0.3) is 5.91 Å². The lowest BCUT2D eigenvalue weighted by atomic mass is 10.4. The van der Waals surface area contributed by atoms with Crippen molar-refractivity contribution in [1.29, 1.82) is 0 Å². The van der Waals surface area contributed by atoms with E-state index < -0.39 is 0 Å². The van der Waals surface area contributed by atoms with Crippen LogP contribution < -0.4 is 5.32 Å². The number of rotatable bonds is 8. The molecule has 0 aliphatic rings. The van der Waals surface area contributed by atoms with Gasteiger partial charge in [-0.15, -0.1) is 10.2 Å². The fourth-order valence-corrected chi connectivity index (χ4v) is 1.94. The standard InChI is InChI=1S/C10H17N3O3S/c1-3-4-9-12-13-10(17-9)11-8(14)7-16-6-5-15-2/h3-7H2,1-2H3,(H,11,13,14). The van der Waals surface area contributed by atoms with Crippen molar-refractivity contribution in [3.63, 3.8) is 0 Å². The molecule has 0 fully saturated rings. The van der Waals surface area contributed by atoms with E-state index in [-0.39, 0.29) is 12.5 Å². The topological polar surface area (TPSA) is 73.3 Å². The smallest absolute Gasteiger partial charge is 0.252 e. The van der Waals surface area contributed by atoms with Crippen LogP contribution in [-0.2, 0) is 20.7 Å². The summed E-state index contributed by atoms with van der Waals surface area (Å²) in [4.78, 5) is 11.4. The van der Waals surface area contributed by atoms with Crippen LogP contribution in [0.3, 0.4) is 0 Å². The Hall–Kier alpha value is -1.05. The van der Waals surface area contributed by atoms with Gasteiger partial charge in [0.2, 0.25) is 5.13 Å². The van der Waals surface area contributed by atoms with Gasteiger partial charge in [-0.1, -0.05) is 18.3 Å². The number of methoxy groups -OCH3 is 1. The molecule has 0 bridgehead atoms. The lowest BCUT2D eigenvalue weighted by Gasteiger charge is -2.02. The molecule has 17 heavy (non-hydrogen) atoms. The second-order valence-electron chi connectivity index (χ2n) is 3.34. The summed E-state index contributed by atoms with van der Waals surface area (Å²) < 4.78 is 9.88. The highest BCUT2D eigenvalue weighted by atomic mass is 32.1. The van der Waals surface area contributed by atoms with Crippen LogP contribution >= 0.6 is 11.3 Å². The zero-order valence-electron chi connectivity index (χ0n) is 10.1. The zero-order valence-corrected chi connectivity index (χ0v) is 10.9. The summed E-state index contributed by atoms with van der Waals surface area (Å²) in [6, 6.07) is 0. The molecule has 1 heterocycles. The van der Waals surface area contributed by atoms with E-state index in [9.17, 15) is 4.79 Å². The summed E-state index contributed by atoms with van der Waals surface area (Å²) in [6.07, 6.45) is 1.90. The van der Waals surface area contributed by atoms with E-state index in [0.717, 1.165) is 17.8 Å². The third-order valence-corrected chi connectivity index (χ3v) is 2.74. The Bertz CT molecular complexity index is 343. The summed E-state index contributed by atoms with van der Waals surface area (Å²) >= 11 is 1.40. The molecule has 0 radical (unpaired) electrons. The molecule has 0 unspecified atom stereocenters. The number of aromatic nitrogens is 2. The molecule has 0 aliphatic carbocycles. The molecule has 1 rings (SSSR count). The summed E-state index contributed by atoms with van der Waals surface area (Å²) in [5.41, 5.74) is 0. The highest BCUT2D eigenvalue weighted by Crippen LogP contribution is 2.16. The lowest BCUT2D eigenvalue weighted by molar-refractivity contribution is -0.121. The Morgan fingerprint density at radius 3 is 2.94 bits per heavy atom. The van der Waals surface area contributed by atoms with Crippen LogP contribution in [0.2, 0.25) is 0 Å². The molecule has 1 aromatic heterocycles. The van der Waals surface area contributed by atoms with Crippen molar-refractivity contribution in [3.05, 3.63) is 5.01 Å². The van der Waals surface area contributed by atoms with E-state index in [1.54, 1.807) is 7.11 Å². The molecule has 1 N–H and O–H groups in total. The maximum absolute atomic E-state index is 11.4. The summed E-state index contributed by atoms with van der Waals surface area (Å²) in [5, 5.41) is 11.9. The number of amides is 1. The molecular weight excluding hydrogens is 242 g/mol. The number of carbonyl (C=O) groups excluding carboxylic acids is 1. The minimum atomic E-state index is -0.222. The number of aryl methyl sites for hydroxylation is 1. The Morgan fingerprint density at radius 1 is 1.41 bits per heavy atom. The van der Waals surface area contributed by atoms with Gasteiger partial charge < -0.3 is 9.47 Å². The molecule has 1 amide bonds. The Labute approximate surface area is 104 Å². The van der Waals surface area contributed by atoms with Gasteiger partial charge in [-0.25, -0.2) is 0 Å². The maximum Gasteiger partial charge on any atom is 0.252 e. The molecule has 0 aliphatic heterocycles. The monoisotopic (exact) mass is 259 g/mol. The molecule has 7 heteroatoms. The van der Waals surface area contributed by atoms with Crippen molar-refractivity contribution in [1.82, 2.24) is 10.2 Å². The summed E-state index contributed by atoms with van der Waals surface area (Å²) in [5.74, 6) is -0.222. The minimum Gasteiger partial charge on any atom is -0.382 e. The van der Waals surface area contributed by atoms with E-state index in [1.807, 2.05) is 0 Å². The minimum absolute atomic E-state index is 0.00600. The molecule has 0 spiro atoms. The highest BCUT2D eigenvalue weighted by Gasteiger charge is 2.07. The van der Waals surface area contributed by atoms with Crippen molar-refractivity contribution in [2.24, 2.45) is 0 Å². The molecule has 0 saturated heterocycles. The van der Waals surface area contributed by atoms with Crippen LogP contribution in [0.15, 0.2) is 0 Å². The van der Waals surface area contributed by atoms with Gasteiger partial charge in [-0.3, -0.25) is 10.1 Å². The molecule has 6 nitrogen and oxygen atoms in total. The van der Waals surface area contributed by atoms with Crippen molar-refractivity contribution in [3.8, 4) is 0 Å². The average molecular weight is 259 g/mol. The van der Waals surface area contributed by atoms with Crippen molar-refractivity contribution >= 4 is 22.4 Å². The highest BCUT2D eigenvalue weighted by molar-refractivity contribution is 7.15. The first-order chi connectivity index (χ1) is 8.26. The van der Waals surface area contributed by atoms with E-state index in [2.05, 4.69) is 22.4 Å². The van der Waals surface area contributed by atoms with Gasteiger partial charge in [-0.2, -0.15) is 0 Å². The normalized spacial score (nSPS) is 10.5. The maximum atomic E-state index is 11.4. The Kier molecular flexibility index (Phi) is 6.68. The van der Waals surface area contributed by atoms with E-state index in [1.165, 1.54) is 11.3 Å². The van der Waals surface area contributed by atoms with Gasteiger partial charge in [0.15, 0.2) is 0 Å². The van der Waals surface area contributed by atoms with Crippen molar-refractivity contribution < 1.29 is 14.3 Å².